The maximum Gasteiger partial charge on any atom is 0.279 e. The average molecular weight is 253 g/mol. The van der Waals surface area contributed by atoms with Crippen LogP contribution in [0.5, 0.6) is 0 Å². The number of rotatable bonds is 6. The van der Waals surface area contributed by atoms with Crippen molar-refractivity contribution in [3.63, 3.8) is 0 Å². The molecular formula is C11H15N3O2S. The van der Waals surface area contributed by atoms with Crippen LogP contribution in [0.4, 0.5) is 0 Å². The Morgan fingerprint density at radius 1 is 1.35 bits per heavy atom. The molecule has 92 valence electrons. The molecule has 1 aromatic carbocycles. The van der Waals surface area contributed by atoms with Gasteiger partial charge in [-0.15, -0.1) is 0 Å². The Morgan fingerprint density at radius 3 is 2.59 bits per heavy atom. The van der Waals surface area contributed by atoms with Crippen LogP contribution >= 0.6 is 0 Å². The molecule has 5 nitrogen and oxygen atoms in total. The Labute approximate surface area is 102 Å². The van der Waals surface area contributed by atoms with E-state index in [0.29, 0.717) is 0 Å². The first-order valence-corrected chi connectivity index (χ1v) is 6.62. The highest BCUT2D eigenvalue weighted by Gasteiger charge is 2.16. The van der Waals surface area contributed by atoms with Crippen LogP contribution < -0.4 is 4.72 Å². The highest BCUT2D eigenvalue weighted by molar-refractivity contribution is 7.87. The number of nitriles is 1. The van der Waals surface area contributed by atoms with E-state index in [1.54, 1.807) is 0 Å². The van der Waals surface area contributed by atoms with E-state index in [2.05, 4.69) is 4.72 Å². The van der Waals surface area contributed by atoms with E-state index in [1.807, 2.05) is 36.4 Å². The summed E-state index contributed by atoms with van der Waals surface area (Å²) in [4.78, 5) is 0. The van der Waals surface area contributed by atoms with Gasteiger partial charge in [-0.05, 0) is 5.56 Å². The van der Waals surface area contributed by atoms with Gasteiger partial charge in [-0.2, -0.15) is 22.7 Å². The third-order valence-electron chi connectivity index (χ3n) is 2.25. The number of hydrogen-bond donors (Lipinski definition) is 1. The summed E-state index contributed by atoms with van der Waals surface area (Å²) in [6.45, 7) is 0.445. The molecule has 0 unspecified atom stereocenters. The van der Waals surface area contributed by atoms with Gasteiger partial charge in [-0.25, -0.2) is 0 Å². The lowest BCUT2D eigenvalue weighted by Crippen LogP contribution is -2.38. The molecule has 0 aromatic heterocycles. The molecule has 0 amide bonds. The second-order valence-electron chi connectivity index (χ2n) is 3.54. The van der Waals surface area contributed by atoms with Crippen LogP contribution in [0, 0.1) is 11.3 Å². The van der Waals surface area contributed by atoms with Crippen LogP contribution in [0.1, 0.15) is 12.0 Å². The van der Waals surface area contributed by atoms with Crippen LogP contribution in [0.15, 0.2) is 30.3 Å². The lowest BCUT2D eigenvalue weighted by molar-refractivity contribution is 0.464. The van der Waals surface area contributed by atoms with Crippen molar-refractivity contribution in [2.24, 2.45) is 0 Å². The molecule has 0 saturated carbocycles. The zero-order valence-electron chi connectivity index (χ0n) is 9.63. The van der Waals surface area contributed by atoms with Crippen molar-refractivity contribution < 1.29 is 8.42 Å². The smallest absolute Gasteiger partial charge is 0.198 e. The van der Waals surface area contributed by atoms with E-state index in [4.69, 9.17) is 5.26 Å². The first-order chi connectivity index (χ1) is 8.06. The molecule has 6 heteroatoms. The van der Waals surface area contributed by atoms with Crippen molar-refractivity contribution in [1.29, 1.82) is 5.26 Å². The van der Waals surface area contributed by atoms with E-state index in [1.165, 1.54) is 7.05 Å². The summed E-state index contributed by atoms with van der Waals surface area (Å²) in [6, 6.07) is 11.2. The summed E-state index contributed by atoms with van der Waals surface area (Å²) < 4.78 is 27.0. The molecule has 0 bridgehead atoms. The van der Waals surface area contributed by atoms with Crippen LogP contribution in [-0.4, -0.2) is 26.3 Å². The van der Waals surface area contributed by atoms with Crippen LogP contribution in [0.25, 0.3) is 0 Å². The lowest BCUT2D eigenvalue weighted by Gasteiger charge is -2.16. The molecule has 0 heterocycles. The summed E-state index contributed by atoms with van der Waals surface area (Å²) in [5.74, 6) is 0. The van der Waals surface area contributed by atoms with Gasteiger partial charge in [0.05, 0.1) is 6.07 Å². The van der Waals surface area contributed by atoms with Gasteiger partial charge in [0.1, 0.15) is 0 Å². The fourth-order valence-corrected chi connectivity index (χ4v) is 2.11. The van der Waals surface area contributed by atoms with Crippen molar-refractivity contribution in [1.82, 2.24) is 9.03 Å². The highest BCUT2D eigenvalue weighted by atomic mass is 32.2. The normalized spacial score (nSPS) is 11.4. The number of hydrogen-bond acceptors (Lipinski definition) is 3. The monoisotopic (exact) mass is 253 g/mol. The maximum atomic E-state index is 11.7. The van der Waals surface area contributed by atoms with Crippen molar-refractivity contribution >= 4 is 10.2 Å². The molecule has 1 aromatic rings. The lowest BCUT2D eigenvalue weighted by atomic mass is 10.2. The second-order valence-corrected chi connectivity index (χ2v) is 5.40. The van der Waals surface area contributed by atoms with Gasteiger partial charge in [-0.1, -0.05) is 30.3 Å². The minimum absolute atomic E-state index is 0.183. The fraction of sp³-hybridized carbons (Fsp3) is 0.364. The van der Waals surface area contributed by atoms with Gasteiger partial charge < -0.3 is 0 Å². The molecule has 1 rings (SSSR count). The van der Waals surface area contributed by atoms with E-state index in [0.717, 1.165) is 9.87 Å². The first kappa shape index (κ1) is 13.6. The zero-order chi connectivity index (χ0) is 12.7. The van der Waals surface area contributed by atoms with Gasteiger partial charge in [0.15, 0.2) is 0 Å². The molecule has 0 radical (unpaired) electrons. The fourth-order valence-electron chi connectivity index (χ4n) is 1.21. The number of nitrogens with zero attached hydrogens (tertiary/aromatic N) is 2. The van der Waals surface area contributed by atoms with Crippen LogP contribution in [0.3, 0.4) is 0 Å². The van der Waals surface area contributed by atoms with Crippen molar-refractivity contribution in [2.75, 3.05) is 13.6 Å². The third-order valence-corrected chi connectivity index (χ3v) is 3.76. The maximum absolute atomic E-state index is 11.7. The van der Waals surface area contributed by atoms with E-state index < -0.39 is 10.2 Å². The quantitative estimate of drug-likeness (QED) is 0.817. The number of benzene rings is 1. The molecule has 0 fully saturated rings. The minimum atomic E-state index is -3.50. The summed E-state index contributed by atoms with van der Waals surface area (Å²) in [6.07, 6.45) is 0.183. The van der Waals surface area contributed by atoms with Crippen LogP contribution in [-0.2, 0) is 16.8 Å². The third kappa shape index (κ3) is 4.53. The zero-order valence-corrected chi connectivity index (χ0v) is 10.4. The Bertz CT molecular complexity index is 479. The molecule has 0 spiro atoms. The molecule has 0 aliphatic carbocycles. The summed E-state index contributed by atoms with van der Waals surface area (Å²) >= 11 is 0. The van der Waals surface area contributed by atoms with E-state index in [-0.39, 0.29) is 19.5 Å². The standard InChI is InChI=1S/C11H15N3O2S/c1-14(9-5-8-12)17(15,16)13-10-11-6-3-2-4-7-11/h2-4,6-7,13H,5,9-10H2,1H3. The Hall–Kier alpha value is -1.42. The predicted octanol–water partition coefficient (Wildman–Crippen LogP) is 0.866. The Balaban J connectivity index is 2.53. The van der Waals surface area contributed by atoms with Crippen molar-refractivity contribution in [2.45, 2.75) is 13.0 Å². The largest absolute Gasteiger partial charge is 0.279 e. The molecule has 1 N–H and O–H groups in total. The van der Waals surface area contributed by atoms with Gasteiger partial charge in [0, 0.05) is 26.6 Å². The summed E-state index contributed by atoms with van der Waals surface area (Å²) in [7, 11) is -2.05. The molecule has 17 heavy (non-hydrogen) atoms. The molecule has 0 aliphatic heterocycles. The Kier molecular flexibility index (Phi) is 5.10. The molecular weight excluding hydrogens is 238 g/mol. The van der Waals surface area contributed by atoms with Gasteiger partial charge in [0.2, 0.25) is 0 Å². The van der Waals surface area contributed by atoms with Crippen molar-refractivity contribution in [3.05, 3.63) is 35.9 Å². The van der Waals surface area contributed by atoms with Crippen molar-refractivity contribution in [3.8, 4) is 6.07 Å². The first-order valence-electron chi connectivity index (χ1n) is 5.18. The predicted molar refractivity (Wildman–Crippen MR) is 65.1 cm³/mol. The molecule has 0 saturated heterocycles. The highest BCUT2D eigenvalue weighted by Crippen LogP contribution is 2.01. The van der Waals surface area contributed by atoms with Gasteiger partial charge in [0.25, 0.3) is 10.2 Å². The Morgan fingerprint density at radius 2 is 2.00 bits per heavy atom. The van der Waals surface area contributed by atoms with Crippen LogP contribution in [0.2, 0.25) is 0 Å². The van der Waals surface area contributed by atoms with E-state index >= 15 is 0 Å². The number of nitrogens with one attached hydrogen (secondary N) is 1. The second kappa shape index (κ2) is 6.35. The van der Waals surface area contributed by atoms with Gasteiger partial charge >= 0.3 is 0 Å². The molecule has 0 aliphatic rings. The SMILES string of the molecule is CN(CCC#N)S(=O)(=O)NCc1ccccc1. The van der Waals surface area contributed by atoms with Gasteiger partial charge in [-0.3, -0.25) is 0 Å². The summed E-state index contributed by atoms with van der Waals surface area (Å²) in [5.41, 5.74) is 0.893. The van der Waals surface area contributed by atoms with E-state index in [9.17, 15) is 8.42 Å². The molecule has 0 atom stereocenters. The summed E-state index contributed by atoms with van der Waals surface area (Å²) in [5, 5.41) is 8.40. The average Bonchev–Trinajstić information content (AvgIpc) is 2.35. The topological polar surface area (TPSA) is 73.2 Å². The minimum Gasteiger partial charge on any atom is -0.198 e.